The lowest BCUT2D eigenvalue weighted by atomic mass is 9.98. The van der Waals surface area contributed by atoms with Gasteiger partial charge in [-0.15, -0.1) is 0 Å². The lowest BCUT2D eigenvalue weighted by Gasteiger charge is -2.41. The minimum atomic E-state index is -0.0619. The Morgan fingerprint density at radius 3 is 2.40 bits per heavy atom. The molecule has 3 rings (SSSR count). The van der Waals surface area contributed by atoms with Gasteiger partial charge in [0.15, 0.2) is 0 Å². The van der Waals surface area contributed by atoms with Crippen LogP contribution in [0.15, 0.2) is 24.3 Å². The lowest BCUT2D eigenvalue weighted by molar-refractivity contribution is 0.0375. The van der Waals surface area contributed by atoms with Crippen LogP contribution in [0, 0.1) is 0 Å². The number of aliphatic hydroxyl groups is 1. The predicted octanol–water partition coefficient (Wildman–Crippen LogP) is 2.73. The summed E-state index contributed by atoms with van der Waals surface area (Å²) in [6.07, 6.45) is 4.38. The quantitative estimate of drug-likeness (QED) is 0.889. The molecule has 0 saturated carbocycles. The molecule has 25 heavy (non-hydrogen) atoms. The number of rotatable bonds is 5. The molecule has 0 aromatic heterocycles. The molecule has 0 radical (unpaired) electrons. The average molecular weight is 346 g/mol. The van der Waals surface area contributed by atoms with E-state index in [1.807, 2.05) is 0 Å². The third-order valence-electron chi connectivity index (χ3n) is 6.19. The van der Waals surface area contributed by atoms with E-state index < -0.39 is 0 Å². The number of aliphatic hydroxyl groups excluding tert-OH is 1. The fourth-order valence-electron chi connectivity index (χ4n) is 4.20. The number of benzene rings is 1. The van der Waals surface area contributed by atoms with E-state index >= 15 is 0 Å². The van der Waals surface area contributed by atoms with E-state index in [0.717, 1.165) is 38.5 Å². The van der Waals surface area contributed by atoms with Crippen LogP contribution in [0.2, 0.25) is 0 Å². The van der Waals surface area contributed by atoms with Crippen molar-refractivity contribution in [3.63, 3.8) is 0 Å². The molecule has 1 N–H and O–H groups in total. The number of hydrogen-bond donors (Lipinski definition) is 1. The molecule has 2 aliphatic rings. The van der Waals surface area contributed by atoms with Gasteiger partial charge in [0.2, 0.25) is 0 Å². The molecule has 2 heterocycles. The summed E-state index contributed by atoms with van der Waals surface area (Å²) in [5.74, 6) is 0. The maximum atomic E-state index is 9.69. The molecule has 4 heteroatoms. The monoisotopic (exact) mass is 345 g/mol. The van der Waals surface area contributed by atoms with Crippen molar-refractivity contribution in [3.8, 4) is 0 Å². The van der Waals surface area contributed by atoms with E-state index in [1.165, 1.54) is 37.1 Å². The second-order valence-electron chi connectivity index (χ2n) is 8.16. The van der Waals surface area contributed by atoms with Crippen molar-refractivity contribution in [2.75, 3.05) is 40.3 Å². The number of piperidine rings is 2. The second-order valence-corrected chi connectivity index (χ2v) is 8.16. The fourth-order valence-corrected chi connectivity index (χ4v) is 4.20. The third kappa shape index (κ3) is 5.04. The number of likely N-dealkylation sites (tertiary alicyclic amines) is 2. The highest BCUT2D eigenvalue weighted by Gasteiger charge is 2.27. The SMILES string of the molecule is C[C@@H](c1cccc(CN2CCC(N3CCC(O)CC3)CC2)c1)N(C)C. The summed E-state index contributed by atoms with van der Waals surface area (Å²) in [4.78, 5) is 7.48. The first-order chi connectivity index (χ1) is 12.0. The van der Waals surface area contributed by atoms with Crippen LogP contribution in [0.4, 0.5) is 0 Å². The van der Waals surface area contributed by atoms with Crippen molar-refractivity contribution >= 4 is 0 Å². The van der Waals surface area contributed by atoms with E-state index in [0.29, 0.717) is 6.04 Å². The highest BCUT2D eigenvalue weighted by Crippen LogP contribution is 2.23. The lowest BCUT2D eigenvalue weighted by Crippen LogP contribution is -2.48. The van der Waals surface area contributed by atoms with Gasteiger partial charge in [0.1, 0.15) is 0 Å². The topological polar surface area (TPSA) is 30.0 Å². The van der Waals surface area contributed by atoms with Gasteiger partial charge >= 0.3 is 0 Å². The van der Waals surface area contributed by atoms with Gasteiger partial charge in [0, 0.05) is 31.7 Å². The van der Waals surface area contributed by atoms with Crippen molar-refractivity contribution in [1.82, 2.24) is 14.7 Å². The van der Waals surface area contributed by atoms with Gasteiger partial charge < -0.3 is 14.9 Å². The zero-order valence-electron chi connectivity index (χ0n) is 16.2. The van der Waals surface area contributed by atoms with Gasteiger partial charge in [-0.1, -0.05) is 24.3 Å². The maximum absolute atomic E-state index is 9.69. The summed E-state index contributed by atoms with van der Waals surface area (Å²) >= 11 is 0. The van der Waals surface area contributed by atoms with Gasteiger partial charge in [-0.3, -0.25) is 4.90 Å². The summed E-state index contributed by atoms with van der Waals surface area (Å²) in [6.45, 7) is 7.88. The molecular weight excluding hydrogens is 310 g/mol. The molecule has 0 aliphatic carbocycles. The van der Waals surface area contributed by atoms with Gasteiger partial charge in [0.05, 0.1) is 6.10 Å². The van der Waals surface area contributed by atoms with Crippen LogP contribution < -0.4 is 0 Å². The smallest absolute Gasteiger partial charge is 0.0564 e. The zero-order chi connectivity index (χ0) is 17.8. The van der Waals surface area contributed by atoms with Crippen LogP contribution in [0.3, 0.4) is 0 Å². The van der Waals surface area contributed by atoms with Gasteiger partial charge in [0.25, 0.3) is 0 Å². The molecule has 0 spiro atoms. The van der Waals surface area contributed by atoms with Crippen LogP contribution >= 0.6 is 0 Å². The van der Waals surface area contributed by atoms with Crippen LogP contribution in [0.1, 0.15) is 49.8 Å². The Hall–Kier alpha value is -0.940. The summed E-state index contributed by atoms with van der Waals surface area (Å²) in [6, 6.07) is 10.3. The minimum Gasteiger partial charge on any atom is -0.393 e. The van der Waals surface area contributed by atoms with Crippen molar-refractivity contribution in [2.45, 2.75) is 57.3 Å². The molecule has 1 atom stereocenters. The van der Waals surface area contributed by atoms with E-state index in [1.54, 1.807) is 0 Å². The normalized spacial score (nSPS) is 23.2. The Bertz CT molecular complexity index is 532. The van der Waals surface area contributed by atoms with Crippen LogP contribution in [-0.2, 0) is 6.54 Å². The van der Waals surface area contributed by atoms with Crippen LogP contribution in [0.25, 0.3) is 0 Å². The molecular formula is C21H35N3O. The molecule has 2 saturated heterocycles. The molecule has 1 aromatic rings. The Kier molecular flexibility index (Phi) is 6.50. The third-order valence-corrected chi connectivity index (χ3v) is 6.19. The minimum absolute atomic E-state index is 0.0619. The molecule has 0 bridgehead atoms. The molecule has 4 nitrogen and oxygen atoms in total. The molecule has 140 valence electrons. The van der Waals surface area contributed by atoms with Gasteiger partial charge in [-0.25, -0.2) is 0 Å². The Balaban J connectivity index is 1.50. The number of hydrogen-bond acceptors (Lipinski definition) is 4. The summed E-state index contributed by atoms with van der Waals surface area (Å²) < 4.78 is 0. The van der Waals surface area contributed by atoms with Crippen molar-refractivity contribution in [1.29, 1.82) is 0 Å². The predicted molar refractivity (Wildman–Crippen MR) is 104 cm³/mol. The summed E-state index contributed by atoms with van der Waals surface area (Å²) in [5, 5.41) is 9.69. The van der Waals surface area contributed by atoms with E-state index in [4.69, 9.17) is 0 Å². The van der Waals surface area contributed by atoms with Crippen molar-refractivity contribution in [2.24, 2.45) is 0 Å². The zero-order valence-corrected chi connectivity index (χ0v) is 16.2. The maximum Gasteiger partial charge on any atom is 0.0564 e. The average Bonchev–Trinajstić information content (AvgIpc) is 2.62. The van der Waals surface area contributed by atoms with Crippen LogP contribution in [0.5, 0.6) is 0 Å². The van der Waals surface area contributed by atoms with Crippen LogP contribution in [-0.4, -0.2) is 72.2 Å². The second kappa shape index (κ2) is 8.63. The highest BCUT2D eigenvalue weighted by atomic mass is 16.3. The van der Waals surface area contributed by atoms with E-state index in [9.17, 15) is 5.11 Å². The molecule has 2 fully saturated rings. The van der Waals surface area contributed by atoms with E-state index in [2.05, 4.69) is 60.0 Å². The Labute approximate surface area is 153 Å². The Morgan fingerprint density at radius 1 is 1.08 bits per heavy atom. The van der Waals surface area contributed by atoms with Gasteiger partial charge in [-0.2, -0.15) is 0 Å². The first kappa shape index (κ1) is 18.8. The summed E-state index contributed by atoms with van der Waals surface area (Å²) in [5.41, 5.74) is 2.84. The first-order valence-electron chi connectivity index (χ1n) is 9.92. The summed E-state index contributed by atoms with van der Waals surface area (Å²) in [7, 11) is 4.28. The van der Waals surface area contributed by atoms with Gasteiger partial charge in [-0.05, 0) is 70.9 Å². The van der Waals surface area contributed by atoms with E-state index in [-0.39, 0.29) is 6.10 Å². The van der Waals surface area contributed by atoms with Crippen molar-refractivity contribution in [3.05, 3.63) is 35.4 Å². The largest absolute Gasteiger partial charge is 0.393 e. The van der Waals surface area contributed by atoms with Crippen molar-refractivity contribution < 1.29 is 5.11 Å². The first-order valence-corrected chi connectivity index (χ1v) is 9.92. The number of nitrogens with zero attached hydrogens (tertiary/aromatic N) is 3. The Morgan fingerprint density at radius 2 is 1.76 bits per heavy atom. The standard InChI is InChI=1S/C21H35N3O/c1-17(22(2)3)19-6-4-5-18(15-19)16-23-11-7-20(8-12-23)24-13-9-21(25)10-14-24/h4-6,15,17,20-21,25H,7-14,16H2,1-3H3/t17-/m0/s1. The molecule has 1 aromatic carbocycles. The fraction of sp³-hybridized carbons (Fsp3) is 0.714. The molecule has 2 aliphatic heterocycles. The highest BCUT2D eigenvalue weighted by molar-refractivity contribution is 5.25. The molecule has 0 amide bonds. The molecule has 0 unspecified atom stereocenters.